The van der Waals surface area contributed by atoms with Gasteiger partial charge in [0.25, 0.3) is 0 Å². The van der Waals surface area contributed by atoms with Gasteiger partial charge >= 0.3 is 6.03 Å². The Morgan fingerprint density at radius 2 is 2.00 bits per heavy atom. The van der Waals surface area contributed by atoms with Gasteiger partial charge in [-0.2, -0.15) is 0 Å². The highest BCUT2D eigenvalue weighted by Gasteiger charge is 2.10. The van der Waals surface area contributed by atoms with Crippen LogP contribution < -0.4 is 15.4 Å². The lowest BCUT2D eigenvalue weighted by Gasteiger charge is -2.13. The van der Waals surface area contributed by atoms with Crippen molar-refractivity contribution in [2.45, 2.75) is 39.3 Å². The Morgan fingerprint density at radius 1 is 1.26 bits per heavy atom. The Hall–Kier alpha value is -2.08. The zero-order valence-electron chi connectivity index (χ0n) is 13.7. The van der Waals surface area contributed by atoms with Crippen molar-refractivity contribution in [3.8, 4) is 5.75 Å². The van der Waals surface area contributed by atoms with Gasteiger partial charge in [0.15, 0.2) is 0 Å². The third kappa shape index (κ3) is 5.90. The molecule has 0 saturated heterocycles. The fourth-order valence-corrected chi connectivity index (χ4v) is 2.73. The minimum atomic E-state index is -0.174. The number of benzene rings is 1. The van der Waals surface area contributed by atoms with E-state index in [0.29, 0.717) is 6.54 Å². The van der Waals surface area contributed by atoms with E-state index in [9.17, 15) is 4.79 Å². The average Bonchev–Trinajstić information content (AvgIpc) is 3.03. The predicted octanol–water partition coefficient (Wildman–Crippen LogP) is 3.53. The molecule has 124 valence electrons. The first-order valence-corrected chi connectivity index (χ1v) is 8.62. The number of nitrogens with zero attached hydrogens (tertiary/aromatic N) is 1. The van der Waals surface area contributed by atoms with Gasteiger partial charge in [0.05, 0.1) is 12.1 Å². The number of ether oxygens (including phenoxy) is 1. The molecule has 0 bridgehead atoms. The number of hydrogen-bond donors (Lipinski definition) is 2. The summed E-state index contributed by atoms with van der Waals surface area (Å²) in [6.07, 6.45) is 2.69. The fraction of sp³-hybridized carbons (Fsp3) is 0.412. The van der Waals surface area contributed by atoms with Crippen molar-refractivity contribution >= 4 is 17.4 Å². The number of thiazole rings is 1. The van der Waals surface area contributed by atoms with E-state index in [0.717, 1.165) is 22.7 Å². The van der Waals surface area contributed by atoms with Crippen LogP contribution in [-0.4, -0.2) is 23.7 Å². The van der Waals surface area contributed by atoms with Gasteiger partial charge in [-0.3, -0.25) is 0 Å². The third-order valence-electron chi connectivity index (χ3n) is 3.16. The second kappa shape index (κ2) is 8.53. The molecule has 2 amide bonds. The summed E-state index contributed by atoms with van der Waals surface area (Å²) >= 11 is 1.53. The van der Waals surface area contributed by atoms with Crippen LogP contribution in [0.3, 0.4) is 0 Å². The Labute approximate surface area is 141 Å². The lowest BCUT2D eigenvalue weighted by molar-refractivity contribution is 0.238. The first-order chi connectivity index (χ1) is 11.0. The van der Waals surface area contributed by atoms with E-state index in [1.165, 1.54) is 11.3 Å². The number of hydrogen-bond acceptors (Lipinski definition) is 4. The molecular weight excluding hydrogens is 310 g/mol. The van der Waals surface area contributed by atoms with Gasteiger partial charge in [-0.1, -0.05) is 12.1 Å². The lowest BCUT2D eigenvalue weighted by atomic mass is 10.1. The molecule has 0 fully saturated rings. The molecule has 6 heteroatoms. The van der Waals surface area contributed by atoms with Crippen molar-refractivity contribution in [1.82, 2.24) is 15.6 Å². The predicted molar refractivity (Wildman–Crippen MR) is 93.0 cm³/mol. The maximum atomic E-state index is 11.8. The number of nitrogens with one attached hydrogen (secondary N) is 2. The molecular formula is C17H23N3O2S. The second-order valence-electron chi connectivity index (χ2n) is 5.55. The number of carbonyl (C=O) groups excluding carboxylic acids is 1. The first-order valence-electron chi connectivity index (χ1n) is 7.74. The van der Waals surface area contributed by atoms with Gasteiger partial charge in [-0.15, -0.1) is 11.3 Å². The van der Waals surface area contributed by atoms with Gasteiger partial charge < -0.3 is 15.4 Å². The Balaban J connectivity index is 1.71. The van der Waals surface area contributed by atoms with Crippen molar-refractivity contribution in [3.05, 3.63) is 46.4 Å². The molecule has 5 nitrogen and oxygen atoms in total. The van der Waals surface area contributed by atoms with Crippen LogP contribution in [0.4, 0.5) is 4.79 Å². The summed E-state index contributed by atoms with van der Waals surface area (Å²) in [6, 6.07) is 7.71. The topological polar surface area (TPSA) is 63.2 Å². The van der Waals surface area contributed by atoms with E-state index in [-0.39, 0.29) is 18.2 Å². The van der Waals surface area contributed by atoms with Crippen LogP contribution in [0, 0.1) is 0 Å². The van der Waals surface area contributed by atoms with E-state index in [2.05, 4.69) is 15.6 Å². The van der Waals surface area contributed by atoms with Gasteiger partial charge in [-0.05, 0) is 44.9 Å². The SMILES string of the molecule is CC(C)Oc1ccc(CCNC(=O)N[C@H](C)c2nccs2)cc1. The quantitative estimate of drug-likeness (QED) is 0.815. The smallest absolute Gasteiger partial charge is 0.315 e. The standard InChI is InChI=1S/C17H23N3O2S/c1-12(2)22-15-6-4-14(5-7-15)8-9-19-17(21)20-13(3)16-18-10-11-23-16/h4-7,10-13H,8-9H2,1-3H3,(H2,19,20,21)/t13-/m1/s1. The van der Waals surface area contributed by atoms with Crippen LogP contribution >= 0.6 is 11.3 Å². The molecule has 1 heterocycles. The van der Waals surface area contributed by atoms with Crippen molar-refractivity contribution in [2.24, 2.45) is 0 Å². The average molecular weight is 333 g/mol. The molecule has 0 unspecified atom stereocenters. The molecule has 0 radical (unpaired) electrons. The lowest BCUT2D eigenvalue weighted by Crippen LogP contribution is -2.38. The molecule has 2 N–H and O–H groups in total. The highest BCUT2D eigenvalue weighted by atomic mass is 32.1. The number of urea groups is 1. The van der Waals surface area contributed by atoms with Gasteiger partial charge in [0, 0.05) is 18.1 Å². The summed E-state index contributed by atoms with van der Waals surface area (Å²) in [5.74, 6) is 0.867. The molecule has 2 rings (SSSR count). The Kier molecular flexibility index (Phi) is 6.40. The first kappa shape index (κ1) is 17.3. The summed E-state index contributed by atoms with van der Waals surface area (Å²) in [5, 5.41) is 8.55. The molecule has 0 aliphatic carbocycles. The highest BCUT2D eigenvalue weighted by Crippen LogP contribution is 2.15. The van der Waals surface area contributed by atoms with Crippen LogP contribution in [0.2, 0.25) is 0 Å². The van der Waals surface area contributed by atoms with Crippen molar-refractivity contribution < 1.29 is 9.53 Å². The summed E-state index contributed by atoms with van der Waals surface area (Å²) in [4.78, 5) is 16.0. The normalized spacial score (nSPS) is 12.0. The zero-order valence-corrected chi connectivity index (χ0v) is 14.5. The third-order valence-corrected chi connectivity index (χ3v) is 4.12. The number of aromatic nitrogens is 1. The number of amides is 2. The van der Waals surface area contributed by atoms with E-state index >= 15 is 0 Å². The molecule has 1 aromatic heterocycles. The maximum Gasteiger partial charge on any atom is 0.315 e. The monoisotopic (exact) mass is 333 g/mol. The Morgan fingerprint density at radius 3 is 2.61 bits per heavy atom. The molecule has 1 atom stereocenters. The van der Waals surface area contributed by atoms with Crippen molar-refractivity contribution in [2.75, 3.05) is 6.54 Å². The minimum Gasteiger partial charge on any atom is -0.491 e. The van der Waals surface area contributed by atoms with Crippen LogP contribution in [-0.2, 0) is 6.42 Å². The second-order valence-corrected chi connectivity index (χ2v) is 6.48. The van der Waals surface area contributed by atoms with Crippen molar-refractivity contribution in [3.63, 3.8) is 0 Å². The van der Waals surface area contributed by atoms with Crippen molar-refractivity contribution in [1.29, 1.82) is 0 Å². The van der Waals surface area contributed by atoms with E-state index in [1.807, 2.05) is 50.4 Å². The van der Waals surface area contributed by atoms with Crippen LogP contribution in [0.5, 0.6) is 5.75 Å². The largest absolute Gasteiger partial charge is 0.491 e. The summed E-state index contributed by atoms with van der Waals surface area (Å²) < 4.78 is 5.61. The maximum absolute atomic E-state index is 11.8. The van der Waals surface area contributed by atoms with Gasteiger partial charge in [-0.25, -0.2) is 9.78 Å². The van der Waals surface area contributed by atoms with Gasteiger partial charge in [0.1, 0.15) is 10.8 Å². The Bertz CT molecular complexity index is 597. The molecule has 0 spiro atoms. The fourth-order valence-electron chi connectivity index (χ4n) is 2.08. The summed E-state index contributed by atoms with van der Waals surface area (Å²) in [7, 11) is 0. The minimum absolute atomic E-state index is 0.0811. The number of carbonyl (C=O) groups is 1. The molecule has 23 heavy (non-hydrogen) atoms. The van der Waals surface area contributed by atoms with Crippen LogP contribution in [0.1, 0.15) is 37.4 Å². The van der Waals surface area contributed by atoms with E-state index < -0.39 is 0 Å². The van der Waals surface area contributed by atoms with Crippen LogP contribution in [0.15, 0.2) is 35.8 Å². The van der Waals surface area contributed by atoms with Crippen LogP contribution in [0.25, 0.3) is 0 Å². The molecule has 0 saturated carbocycles. The summed E-state index contributed by atoms with van der Waals surface area (Å²) in [6.45, 7) is 6.51. The van der Waals surface area contributed by atoms with E-state index in [1.54, 1.807) is 6.20 Å². The molecule has 1 aromatic carbocycles. The number of rotatable bonds is 7. The van der Waals surface area contributed by atoms with Gasteiger partial charge in [0.2, 0.25) is 0 Å². The van der Waals surface area contributed by atoms with E-state index in [4.69, 9.17) is 4.74 Å². The zero-order chi connectivity index (χ0) is 16.7. The summed E-state index contributed by atoms with van der Waals surface area (Å²) in [5.41, 5.74) is 1.16. The molecule has 2 aromatic rings. The highest BCUT2D eigenvalue weighted by molar-refractivity contribution is 7.09. The molecule has 0 aliphatic rings. The molecule has 0 aliphatic heterocycles.